The summed E-state index contributed by atoms with van der Waals surface area (Å²) in [6, 6.07) is 20.6. The third-order valence-electron chi connectivity index (χ3n) is 5.78. The van der Waals surface area contributed by atoms with Gasteiger partial charge in [0.1, 0.15) is 11.5 Å². The first-order valence-electron chi connectivity index (χ1n) is 11.1. The normalized spacial score (nSPS) is 11.8. The fourth-order valence-electron chi connectivity index (χ4n) is 4.00. The lowest BCUT2D eigenvalue weighted by molar-refractivity contribution is 0.415. The average Bonchev–Trinajstić information content (AvgIpc) is 3.54. The highest BCUT2D eigenvalue weighted by atomic mass is 32.1. The molecule has 0 fully saturated rings. The lowest BCUT2D eigenvalue weighted by Crippen LogP contribution is -2.17. The number of hydrogen-bond acceptors (Lipinski definition) is 5. The molecule has 7 heteroatoms. The van der Waals surface area contributed by atoms with Gasteiger partial charge in [-0.05, 0) is 53.1 Å². The molecule has 34 heavy (non-hydrogen) atoms. The van der Waals surface area contributed by atoms with Crippen LogP contribution in [0.3, 0.4) is 0 Å². The molecule has 3 aromatic carbocycles. The molecular formula is C27H26N4O2S. The minimum atomic E-state index is 0.801. The number of aryl methyl sites for hydroxylation is 1. The van der Waals surface area contributed by atoms with Crippen LogP contribution in [-0.2, 0) is 13.1 Å². The third kappa shape index (κ3) is 4.75. The van der Waals surface area contributed by atoms with Crippen LogP contribution in [0, 0.1) is 0 Å². The minimum Gasteiger partial charge on any atom is -0.497 e. The largest absolute Gasteiger partial charge is 0.497 e. The fourth-order valence-corrected chi connectivity index (χ4v) is 4.95. The Morgan fingerprint density at radius 2 is 1.74 bits per heavy atom. The Balaban J connectivity index is 1.54. The SMILES string of the molecule is COc1cccc(N=c2scc(-c3ccc4cc(OC)ccc4c3)n2CCCn2ccnc2)c1. The molecule has 0 amide bonds. The summed E-state index contributed by atoms with van der Waals surface area (Å²) in [5.74, 6) is 1.67. The number of aromatic nitrogens is 3. The maximum Gasteiger partial charge on any atom is 0.190 e. The Bertz CT molecular complexity index is 1470. The summed E-state index contributed by atoms with van der Waals surface area (Å²) < 4.78 is 15.2. The van der Waals surface area contributed by atoms with E-state index in [4.69, 9.17) is 14.5 Å². The zero-order valence-electron chi connectivity index (χ0n) is 19.2. The summed E-state index contributed by atoms with van der Waals surface area (Å²) in [4.78, 5) is 10.1. The van der Waals surface area contributed by atoms with Crippen molar-refractivity contribution in [3.63, 3.8) is 0 Å². The summed E-state index contributed by atoms with van der Waals surface area (Å²) in [7, 11) is 3.37. The maximum absolute atomic E-state index is 5.38. The molecule has 0 bridgehead atoms. The van der Waals surface area contributed by atoms with Crippen molar-refractivity contribution in [1.29, 1.82) is 0 Å². The van der Waals surface area contributed by atoms with Gasteiger partial charge in [-0.15, -0.1) is 11.3 Å². The van der Waals surface area contributed by atoms with E-state index in [0.29, 0.717) is 0 Å². The van der Waals surface area contributed by atoms with E-state index < -0.39 is 0 Å². The van der Waals surface area contributed by atoms with Crippen LogP contribution in [0.5, 0.6) is 11.5 Å². The van der Waals surface area contributed by atoms with Crippen LogP contribution in [0.4, 0.5) is 5.69 Å². The summed E-state index contributed by atoms with van der Waals surface area (Å²) >= 11 is 1.66. The lowest BCUT2D eigenvalue weighted by atomic mass is 10.0. The molecule has 2 aromatic heterocycles. The molecule has 0 aliphatic carbocycles. The quantitative estimate of drug-likeness (QED) is 0.283. The third-order valence-corrected chi connectivity index (χ3v) is 6.64. The highest BCUT2D eigenvalue weighted by Crippen LogP contribution is 2.28. The van der Waals surface area contributed by atoms with Crippen LogP contribution in [0.1, 0.15) is 6.42 Å². The molecule has 172 valence electrons. The van der Waals surface area contributed by atoms with Gasteiger partial charge in [0.05, 0.1) is 31.9 Å². The Hall–Kier alpha value is -3.84. The highest BCUT2D eigenvalue weighted by Gasteiger charge is 2.10. The van der Waals surface area contributed by atoms with E-state index in [0.717, 1.165) is 52.6 Å². The number of hydrogen-bond donors (Lipinski definition) is 0. The first-order valence-corrected chi connectivity index (χ1v) is 12.0. The number of nitrogens with zero attached hydrogens (tertiary/aromatic N) is 4. The Morgan fingerprint density at radius 1 is 0.912 bits per heavy atom. The van der Waals surface area contributed by atoms with Crippen LogP contribution in [0.25, 0.3) is 22.0 Å². The minimum absolute atomic E-state index is 0.801. The summed E-state index contributed by atoms with van der Waals surface area (Å²) in [5.41, 5.74) is 3.21. The first kappa shape index (κ1) is 22.0. The molecule has 0 radical (unpaired) electrons. The molecule has 6 nitrogen and oxygen atoms in total. The Kier molecular flexibility index (Phi) is 6.44. The van der Waals surface area contributed by atoms with Crippen LogP contribution >= 0.6 is 11.3 Å². The van der Waals surface area contributed by atoms with Gasteiger partial charge in [-0.3, -0.25) is 0 Å². The predicted molar refractivity (Wildman–Crippen MR) is 137 cm³/mol. The molecule has 0 aliphatic rings. The van der Waals surface area contributed by atoms with Crippen molar-refractivity contribution in [3.8, 4) is 22.8 Å². The molecule has 0 aliphatic heterocycles. The summed E-state index contributed by atoms with van der Waals surface area (Å²) in [5, 5.41) is 4.54. The first-order chi connectivity index (χ1) is 16.7. The standard InChI is InChI=1S/C27H26N4O2S/c1-32-24-6-3-5-23(17-24)29-27-31(13-4-12-30-14-11-28-19-30)26(18-34-27)22-8-7-21-16-25(33-2)10-9-20(21)15-22/h3,5-11,14-19H,4,12-13H2,1-2H3. The molecular weight excluding hydrogens is 444 g/mol. The number of rotatable bonds is 8. The number of imidazole rings is 1. The molecule has 0 saturated carbocycles. The van der Waals surface area contributed by atoms with Gasteiger partial charge in [-0.1, -0.05) is 24.3 Å². The van der Waals surface area contributed by atoms with E-state index in [1.165, 1.54) is 10.9 Å². The zero-order valence-corrected chi connectivity index (χ0v) is 20.0. The number of benzene rings is 3. The van der Waals surface area contributed by atoms with Gasteiger partial charge in [0.25, 0.3) is 0 Å². The van der Waals surface area contributed by atoms with Gasteiger partial charge in [-0.25, -0.2) is 9.98 Å². The number of thiazole rings is 1. The molecule has 0 saturated heterocycles. The number of ether oxygens (including phenoxy) is 2. The van der Waals surface area contributed by atoms with Gasteiger partial charge < -0.3 is 18.6 Å². The zero-order chi connectivity index (χ0) is 23.3. The summed E-state index contributed by atoms with van der Waals surface area (Å²) in [6.45, 7) is 1.75. The predicted octanol–water partition coefficient (Wildman–Crippen LogP) is 5.91. The average molecular weight is 471 g/mol. The van der Waals surface area contributed by atoms with Crippen molar-refractivity contribution in [2.75, 3.05) is 14.2 Å². The van der Waals surface area contributed by atoms with Gasteiger partial charge in [0.2, 0.25) is 0 Å². The highest BCUT2D eigenvalue weighted by molar-refractivity contribution is 7.07. The monoisotopic (exact) mass is 470 g/mol. The second-order valence-electron chi connectivity index (χ2n) is 7.95. The van der Waals surface area contributed by atoms with Gasteiger partial charge in [0, 0.05) is 36.9 Å². The summed E-state index contributed by atoms with van der Waals surface area (Å²) in [6.07, 6.45) is 6.64. The topological polar surface area (TPSA) is 53.6 Å². The van der Waals surface area contributed by atoms with Gasteiger partial charge >= 0.3 is 0 Å². The lowest BCUT2D eigenvalue weighted by Gasteiger charge is -2.11. The van der Waals surface area contributed by atoms with E-state index in [-0.39, 0.29) is 0 Å². The molecule has 2 heterocycles. The van der Waals surface area contributed by atoms with Crippen LogP contribution in [0.2, 0.25) is 0 Å². The van der Waals surface area contributed by atoms with E-state index >= 15 is 0 Å². The number of methoxy groups -OCH3 is 2. The molecule has 5 rings (SSSR count). The van der Waals surface area contributed by atoms with Crippen molar-refractivity contribution in [2.45, 2.75) is 19.5 Å². The van der Waals surface area contributed by atoms with Gasteiger partial charge in [0.15, 0.2) is 4.80 Å². The van der Waals surface area contributed by atoms with Crippen molar-refractivity contribution in [1.82, 2.24) is 14.1 Å². The van der Waals surface area contributed by atoms with Crippen LogP contribution in [-0.4, -0.2) is 28.3 Å². The van der Waals surface area contributed by atoms with E-state index in [2.05, 4.69) is 49.8 Å². The molecule has 5 aromatic rings. The van der Waals surface area contributed by atoms with Crippen molar-refractivity contribution in [3.05, 3.63) is 89.6 Å². The van der Waals surface area contributed by atoms with E-state index in [9.17, 15) is 0 Å². The molecule has 0 spiro atoms. The second-order valence-corrected chi connectivity index (χ2v) is 8.79. The molecule has 0 N–H and O–H groups in total. The van der Waals surface area contributed by atoms with Gasteiger partial charge in [-0.2, -0.15) is 0 Å². The van der Waals surface area contributed by atoms with Crippen LogP contribution in [0.15, 0.2) is 89.8 Å². The van der Waals surface area contributed by atoms with Crippen molar-refractivity contribution in [2.24, 2.45) is 4.99 Å². The van der Waals surface area contributed by atoms with Crippen molar-refractivity contribution >= 4 is 27.8 Å². The van der Waals surface area contributed by atoms with E-state index in [1.807, 2.05) is 49.1 Å². The second kappa shape index (κ2) is 9.97. The van der Waals surface area contributed by atoms with E-state index in [1.54, 1.807) is 25.6 Å². The Labute approximate surface area is 202 Å². The number of fused-ring (bicyclic) bond motifs is 1. The molecule has 0 atom stereocenters. The fraction of sp³-hybridized carbons (Fsp3) is 0.185. The Morgan fingerprint density at radius 3 is 2.56 bits per heavy atom. The van der Waals surface area contributed by atoms with Crippen molar-refractivity contribution < 1.29 is 9.47 Å². The maximum atomic E-state index is 5.38. The van der Waals surface area contributed by atoms with Crippen LogP contribution < -0.4 is 14.3 Å². The smallest absolute Gasteiger partial charge is 0.190 e. The molecule has 0 unspecified atom stereocenters.